The van der Waals surface area contributed by atoms with Crippen molar-refractivity contribution in [1.29, 1.82) is 0 Å². The summed E-state index contributed by atoms with van der Waals surface area (Å²) in [6.45, 7) is 0. The van der Waals surface area contributed by atoms with Crippen molar-refractivity contribution in [1.82, 2.24) is 0 Å². The van der Waals surface area contributed by atoms with Gasteiger partial charge in [0.1, 0.15) is 0 Å². The van der Waals surface area contributed by atoms with E-state index in [9.17, 15) is 4.79 Å². The summed E-state index contributed by atoms with van der Waals surface area (Å²) in [5.74, 6) is 0. The van der Waals surface area contributed by atoms with Crippen LogP contribution in [0.25, 0.3) is 0 Å². The standard InChI is InChI=1S/C3H6BO3.Y/c5-3-1-2-4(6)7;/h6-7H,1-2H2;/q-1;. The SMILES string of the molecule is O=[C-]CCB(O)O.[Y]. The van der Waals surface area contributed by atoms with Crippen molar-refractivity contribution in [3.05, 3.63) is 0 Å². The Morgan fingerprint density at radius 1 is 1.50 bits per heavy atom. The summed E-state index contributed by atoms with van der Waals surface area (Å²) in [5, 5.41) is 16.1. The molecule has 5 heteroatoms. The Balaban J connectivity index is 0. The molecule has 2 N–H and O–H groups in total. The van der Waals surface area contributed by atoms with Crippen molar-refractivity contribution in [3.63, 3.8) is 0 Å². The van der Waals surface area contributed by atoms with Crippen LogP contribution >= 0.6 is 0 Å². The van der Waals surface area contributed by atoms with Crippen LogP contribution in [0, 0.1) is 0 Å². The molecule has 0 aromatic heterocycles. The first-order chi connectivity index (χ1) is 3.27. The Morgan fingerprint density at radius 2 is 2.00 bits per heavy atom. The topological polar surface area (TPSA) is 57.5 Å². The molecule has 0 aliphatic carbocycles. The van der Waals surface area contributed by atoms with Crippen LogP contribution in [0.1, 0.15) is 6.42 Å². The second-order valence-electron chi connectivity index (χ2n) is 1.16. The minimum atomic E-state index is -1.36. The maximum absolute atomic E-state index is 9.36. The van der Waals surface area contributed by atoms with E-state index in [2.05, 4.69) is 0 Å². The van der Waals surface area contributed by atoms with E-state index in [1.165, 1.54) is 6.29 Å². The fraction of sp³-hybridized carbons (Fsp3) is 0.667. The Morgan fingerprint density at radius 3 is 2.12 bits per heavy atom. The van der Waals surface area contributed by atoms with Gasteiger partial charge >= 0.3 is 7.12 Å². The molecule has 0 unspecified atom stereocenters. The zero-order valence-electron chi connectivity index (χ0n) is 4.37. The van der Waals surface area contributed by atoms with Gasteiger partial charge in [-0.25, -0.2) is 0 Å². The van der Waals surface area contributed by atoms with Crippen molar-refractivity contribution in [2.75, 3.05) is 0 Å². The molecule has 0 fully saturated rings. The second kappa shape index (κ2) is 7.76. The first-order valence-electron chi connectivity index (χ1n) is 1.98. The summed E-state index contributed by atoms with van der Waals surface area (Å²) in [7, 11) is -1.36. The van der Waals surface area contributed by atoms with Gasteiger partial charge in [0.2, 0.25) is 0 Å². The largest absolute Gasteiger partial charge is 0.542 e. The average Bonchev–Trinajstić information content (AvgIpc) is 1.61. The summed E-state index contributed by atoms with van der Waals surface area (Å²) in [6, 6.07) is 0. The Hall–Kier alpha value is 0.759. The van der Waals surface area contributed by atoms with Crippen LogP contribution < -0.4 is 0 Å². The summed E-state index contributed by atoms with van der Waals surface area (Å²) in [5.41, 5.74) is 0. The van der Waals surface area contributed by atoms with E-state index in [-0.39, 0.29) is 45.5 Å². The maximum Gasteiger partial charge on any atom is 0.449 e. The quantitative estimate of drug-likeness (QED) is 0.441. The first-order valence-corrected chi connectivity index (χ1v) is 1.98. The van der Waals surface area contributed by atoms with Gasteiger partial charge < -0.3 is 14.8 Å². The third-order valence-corrected chi connectivity index (χ3v) is 0.505. The van der Waals surface area contributed by atoms with Crippen LogP contribution in [0.4, 0.5) is 0 Å². The summed E-state index contributed by atoms with van der Waals surface area (Å²) in [6.07, 6.45) is 1.71. The zero-order chi connectivity index (χ0) is 5.70. The number of carbonyl (C=O) groups excluding carboxylic acids is 1. The van der Waals surface area contributed by atoms with E-state index in [0.717, 1.165) is 0 Å². The summed E-state index contributed by atoms with van der Waals surface area (Å²) >= 11 is 0. The van der Waals surface area contributed by atoms with E-state index >= 15 is 0 Å². The van der Waals surface area contributed by atoms with Crippen molar-refractivity contribution in [3.8, 4) is 0 Å². The van der Waals surface area contributed by atoms with Gasteiger partial charge in [-0.15, -0.1) is 0 Å². The fourth-order valence-corrected chi connectivity index (χ4v) is 0.188. The molecule has 0 saturated heterocycles. The first kappa shape index (κ1) is 11.5. The minimum absolute atomic E-state index is 0. The monoisotopic (exact) mass is 190 g/mol. The minimum Gasteiger partial charge on any atom is -0.542 e. The Bertz CT molecular complexity index is 58.5. The van der Waals surface area contributed by atoms with Gasteiger partial charge in [0, 0.05) is 32.7 Å². The number of hydrogen-bond acceptors (Lipinski definition) is 3. The molecule has 43 valence electrons. The van der Waals surface area contributed by atoms with Crippen LogP contribution in [0.3, 0.4) is 0 Å². The van der Waals surface area contributed by atoms with Gasteiger partial charge in [-0.05, 0) is 6.32 Å². The molecule has 1 radical (unpaired) electrons. The van der Waals surface area contributed by atoms with Gasteiger partial charge in [-0.2, -0.15) is 6.42 Å². The molecular weight excluding hydrogens is 184 g/mol. The molecule has 0 bridgehead atoms. The van der Waals surface area contributed by atoms with Gasteiger partial charge in [-0.1, -0.05) is 0 Å². The average molecular weight is 190 g/mol. The van der Waals surface area contributed by atoms with Crippen molar-refractivity contribution < 1.29 is 47.6 Å². The van der Waals surface area contributed by atoms with E-state index in [1.807, 2.05) is 0 Å². The predicted molar refractivity (Wildman–Crippen MR) is 25.3 cm³/mol. The molecule has 0 aliphatic rings. The van der Waals surface area contributed by atoms with Crippen LogP contribution in [0.2, 0.25) is 6.32 Å². The van der Waals surface area contributed by atoms with Gasteiger partial charge in [0.15, 0.2) is 0 Å². The third kappa shape index (κ3) is 9.90. The zero-order valence-corrected chi connectivity index (χ0v) is 7.21. The Labute approximate surface area is 73.5 Å². The smallest absolute Gasteiger partial charge is 0.449 e. The van der Waals surface area contributed by atoms with Crippen LogP contribution in [-0.4, -0.2) is 23.5 Å². The molecule has 0 atom stereocenters. The third-order valence-electron chi connectivity index (χ3n) is 0.505. The number of rotatable bonds is 3. The van der Waals surface area contributed by atoms with E-state index in [0.29, 0.717) is 0 Å². The molecule has 0 spiro atoms. The van der Waals surface area contributed by atoms with Crippen molar-refractivity contribution in [2.24, 2.45) is 0 Å². The Kier molecular flexibility index (Phi) is 11.2. The molecule has 0 saturated carbocycles. The van der Waals surface area contributed by atoms with Gasteiger partial charge in [0.25, 0.3) is 0 Å². The van der Waals surface area contributed by atoms with E-state index in [1.54, 1.807) is 0 Å². The molecule has 0 rings (SSSR count). The second-order valence-corrected chi connectivity index (χ2v) is 1.16. The summed E-state index contributed by atoms with van der Waals surface area (Å²) in [4.78, 5) is 9.36. The summed E-state index contributed by atoms with van der Waals surface area (Å²) < 4.78 is 0. The molecule has 0 aromatic rings. The van der Waals surface area contributed by atoms with Crippen molar-refractivity contribution in [2.45, 2.75) is 12.7 Å². The van der Waals surface area contributed by atoms with Crippen molar-refractivity contribution >= 4 is 13.4 Å². The predicted octanol–water partition coefficient (Wildman–Crippen LogP) is -1.04. The molecule has 3 nitrogen and oxygen atoms in total. The van der Waals surface area contributed by atoms with Crippen LogP contribution in [-0.2, 0) is 37.5 Å². The number of hydrogen-bond donors (Lipinski definition) is 2. The van der Waals surface area contributed by atoms with E-state index in [4.69, 9.17) is 10.0 Å². The fourth-order valence-electron chi connectivity index (χ4n) is 0.188. The molecule has 8 heavy (non-hydrogen) atoms. The maximum atomic E-state index is 9.36. The van der Waals surface area contributed by atoms with Gasteiger partial charge in [0.05, 0.1) is 0 Å². The van der Waals surface area contributed by atoms with Gasteiger partial charge in [-0.3, -0.25) is 6.29 Å². The normalized spacial score (nSPS) is 7.25. The molecule has 0 aliphatic heterocycles. The van der Waals surface area contributed by atoms with E-state index < -0.39 is 7.12 Å². The molecular formula is C3H6BO3Y-. The molecule has 0 aromatic carbocycles. The molecule has 0 heterocycles. The van der Waals surface area contributed by atoms with Crippen LogP contribution in [0.5, 0.6) is 0 Å². The van der Waals surface area contributed by atoms with Crippen LogP contribution in [0.15, 0.2) is 0 Å². The molecule has 0 amide bonds.